The number of phenolic OH excluding ortho intramolecular Hbond substituents is 2. The van der Waals surface area contributed by atoms with Gasteiger partial charge in [-0.1, -0.05) is 19.4 Å². The predicted molar refractivity (Wildman–Crippen MR) is 68.2 cm³/mol. The Bertz CT molecular complexity index is 452. The second-order valence-corrected chi connectivity index (χ2v) is 4.23. The second kappa shape index (κ2) is 6.63. The molecule has 6 heteroatoms. The smallest absolute Gasteiger partial charge is 0.305 e. The molecule has 1 rings (SSSR count). The lowest BCUT2D eigenvalue weighted by Gasteiger charge is -2.17. The average molecular weight is 267 g/mol. The van der Waals surface area contributed by atoms with Gasteiger partial charge < -0.3 is 20.6 Å². The summed E-state index contributed by atoms with van der Waals surface area (Å²) in [5.41, 5.74) is -0.242. The van der Waals surface area contributed by atoms with Gasteiger partial charge in [0.1, 0.15) is 17.1 Å². The maximum atomic E-state index is 11.9. The quantitative estimate of drug-likeness (QED) is 0.624. The average Bonchev–Trinajstić information content (AvgIpc) is 2.27. The van der Waals surface area contributed by atoms with Crippen molar-refractivity contribution in [1.82, 2.24) is 5.32 Å². The maximum Gasteiger partial charge on any atom is 0.305 e. The Morgan fingerprint density at radius 1 is 1.26 bits per heavy atom. The van der Waals surface area contributed by atoms with Gasteiger partial charge in [-0.2, -0.15) is 0 Å². The molecular weight excluding hydrogens is 250 g/mol. The molecule has 0 aromatic heterocycles. The molecule has 0 heterocycles. The number of carbonyl (C=O) groups is 2. The van der Waals surface area contributed by atoms with E-state index in [0.29, 0.717) is 12.8 Å². The topological polar surface area (TPSA) is 107 Å². The van der Waals surface area contributed by atoms with Crippen LogP contribution in [0.2, 0.25) is 0 Å². The Hall–Kier alpha value is -2.24. The van der Waals surface area contributed by atoms with Gasteiger partial charge in [-0.05, 0) is 18.6 Å². The Labute approximate surface area is 110 Å². The van der Waals surface area contributed by atoms with Crippen LogP contribution in [0.3, 0.4) is 0 Å². The molecule has 0 saturated carbocycles. The number of carbonyl (C=O) groups excluding carboxylic acids is 1. The highest BCUT2D eigenvalue weighted by atomic mass is 16.4. The molecule has 6 nitrogen and oxygen atoms in total. The summed E-state index contributed by atoms with van der Waals surface area (Å²) in [6.07, 6.45) is 1.02. The number of hydrogen-bond acceptors (Lipinski definition) is 4. The van der Waals surface area contributed by atoms with E-state index in [1.54, 1.807) is 0 Å². The molecule has 0 aliphatic rings. The summed E-state index contributed by atoms with van der Waals surface area (Å²) in [5.74, 6) is -2.39. The third-order valence-corrected chi connectivity index (χ3v) is 2.64. The minimum Gasteiger partial charge on any atom is -0.507 e. The Kier molecular flexibility index (Phi) is 5.17. The van der Waals surface area contributed by atoms with Crippen LogP contribution in [0.15, 0.2) is 18.2 Å². The lowest BCUT2D eigenvalue weighted by Crippen LogP contribution is -2.36. The largest absolute Gasteiger partial charge is 0.507 e. The van der Waals surface area contributed by atoms with E-state index in [9.17, 15) is 19.8 Å². The lowest BCUT2D eigenvalue weighted by atomic mass is 10.1. The van der Waals surface area contributed by atoms with Crippen molar-refractivity contribution in [1.29, 1.82) is 0 Å². The van der Waals surface area contributed by atoms with Gasteiger partial charge in [0.2, 0.25) is 0 Å². The summed E-state index contributed by atoms with van der Waals surface area (Å²) in [7, 11) is 0. The van der Waals surface area contributed by atoms with Gasteiger partial charge in [0.05, 0.1) is 6.42 Å². The molecule has 0 fully saturated rings. The number of hydrogen-bond donors (Lipinski definition) is 4. The van der Waals surface area contributed by atoms with Crippen LogP contribution < -0.4 is 5.32 Å². The first kappa shape index (κ1) is 14.8. The number of aliphatic carboxylic acids is 1. The first-order chi connectivity index (χ1) is 8.95. The molecule has 1 atom stereocenters. The molecule has 0 spiro atoms. The van der Waals surface area contributed by atoms with E-state index >= 15 is 0 Å². The number of benzene rings is 1. The van der Waals surface area contributed by atoms with Gasteiger partial charge in [0.25, 0.3) is 5.91 Å². The minimum absolute atomic E-state index is 0.200. The highest BCUT2D eigenvalue weighted by molar-refractivity contribution is 5.99. The fraction of sp³-hybridized carbons (Fsp3) is 0.385. The SMILES string of the molecule is CCCC(CC(=O)O)NC(=O)c1c(O)cccc1O. The van der Waals surface area contributed by atoms with Crippen molar-refractivity contribution in [2.45, 2.75) is 32.2 Å². The Balaban J connectivity index is 2.84. The van der Waals surface area contributed by atoms with Crippen molar-refractivity contribution in [3.63, 3.8) is 0 Å². The van der Waals surface area contributed by atoms with Gasteiger partial charge in [0.15, 0.2) is 0 Å². The van der Waals surface area contributed by atoms with Gasteiger partial charge in [0, 0.05) is 6.04 Å². The molecule has 0 bridgehead atoms. The second-order valence-electron chi connectivity index (χ2n) is 4.23. The van der Waals surface area contributed by atoms with Gasteiger partial charge in [-0.15, -0.1) is 0 Å². The molecule has 0 radical (unpaired) electrons. The monoisotopic (exact) mass is 267 g/mol. The molecule has 1 aromatic rings. The highest BCUT2D eigenvalue weighted by Crippen LogP contribution is 2.26. The van der Waals surface area contributed by atoms with E-state index in [1.807, 2.05) is 6.92 Å². The van der Waals surface area contributed by atoms with E-state index < -0.39 is 17.9 Å². The number of carboxylic acids is 1. The number of phenols is 2. The predicted octanol–water partition coefficient (Wildman–Crippen LogP) is 1.47. The zero-order chi connectivity index (χ0) is 14.4. The normalized spacial score (nSPS) is 11.8. The first-order valence-electron chi connectivity index (χ1n) is 5.99. The summed E-state index contributed by atoms with van der Waals surface area (Å²) in [6, 6.07) is 3.43. The van der Waals surface area contributed by atoms with Crippen LogP contribution in [-0.2, 0) is 4.79 Å². The molecule has 0 aliphatic heterocycles. The number of nitrogens with one attached hydrogen (secondary N) is 1. The molecule has 4 N–H and O–H groups in total. The van der Waals surface area contributed by atoms with E-state index in [-0.39, 0.29) is 23.5 Å². The highest BCUT2D eigenvalue weighted by Gasteiger charge is 2.20. The number of amides is 1. The van der Waals surface area contributed by atoms with Crippen molar-refractivity contribution in [2.75, 3.05) is 0 Å². The molecule has 19 heavy (non-hydrogen) atoms. The van der Waals surface area contributed by atoms with E-state index in [0.717, 1.165) is 0 Å². The number of rotatable bonds is 6. The Morgan fingerprint density at radius 2 is 1.84 bits per heavy atom. The molecular formula is C13H17NO5. The number of carboxylic acid groups (broad SMARTS) is 1. The van der Waals surface area contributed by atoms with Crippen molar-refractivity contribution in [2.24, 2.45) is 0 Å². The third kappa shape index (κ3) is 4.17. The summed E-state index contributed by atoms with van der Waals surface area (Å²) in [4.78, 5) is 22.6. The zero-order valence-corrected chi connectivity index (χ0v) is 10.6. The van der Waals surface area contributed by atoms with Crippen LogP contribution in [0.5, 0.6) is 11.5 Å². The van der Waals surface area contributed by atoms with Crippen LogP contribution in [0, 0.1) is 0 Å². The van der Waals surface area contributed by atoms with Crippen LogP contribution in [0.25, 0.3) is 0 Å². The van der Waals surface area contributed by atoms with Crippen LogP contribution in [0.1, 0.15) is 36.5 Å². The minimum atomic E-state index is -1.01. The standard InChI is InChI=1S/C13H17NO5/c1-2-4-8(7-11(17)18)14-13(19)12-9(15)5-3-6-10(12)16/h3,5-6,8,15-16H,2,4,7H2,1H3,(H,14,19)(H,17,18). The molecule has 1 unspecified atom stereocenters. The van der Waals surface area contributed by atoms with Gasteiger partial charge >= 0.3 is 5.97 Å². The van der Waals surface area contributed by atoms with Crippen molar-refractivity contribution < 1.29 is 24.9 Å². The van der Waals surface area contributed by atoms with E-state index in [1.165, 1.54) is 18.2 Å². The maximum absolute atomic E-state index is 11.9. The summed E-state index contributed by atoms with van der Waals surface area (Å²) < 4.78 is 0. The van der Waals surface area contributed by atoms with E-state index in [4.69, 9.17) is 5.11 Å². The fourth-order valence-corrected chi connectivity index (χ4v) is 1.80. The number of aromatic hydroxyl groups is 2. The summed E-state index contributed by atoms with van der Waals surface area (Å²) >= 11 is 0. The van der Waals surface area contributed by atoms with Crippen molar-refractivity contribution in [3.8, 4) is 11.5 Å². The van der Waals surface area contributed by atoms with Crippen molar-refractivity contribution >= 4 is 11.9 Å². The summed E-state index contributed by atoms with van der Waals surface area (Å²) in [6.45, 7) is 1.87. The Morgan fingerprint density at radius 3 is 2.32 bits per heavy atom. The van der Waals surface area contributed by atoms with Crippen molar-refractivity contribution in [3.05, 3.63) is 23.8 Å². The van der Waals surface area contributed by atoms with Crippen LogP contribution >= 0.6 is 0 Å². The van der Waals surface area contributed by atoms with Crippen LogP contribution in [-0.4, -0.2) is 33.2 Å². The molecule has 1 aromatic carbocycles. The van der Waals surface area contributed by atoms with Crippen LogP contribution in [0.4, 0.5) is 0 Å². The van der Waals surface area contributed by atoms with Gasteiger partial charge in [-0.3, -0.25) is 9.59 Å². The molecule has 1 amide bonds. The zero-order valence-electron chi connectivity index (χ0n) is 10.6. The first-order valence-corrected chi connectivity index (χ1v) is 5.99. The fourth-order valence-electron chi connectivity index (χ4n) is 1.80. The third-order valence-electron chi connectivity index (χ3n) is 2.64. The van der Waals surface area contributed by atoms with Gasteiger partial charge in [-0.25, -0.2) is 0 Å². The summed E-state index contributed by atoms with van der Waals surface area (Å²) in [5, 5.41) is 30.4. The molecule has 104 valence electrons. The molecule has 0 aliphatic carbocycles. The van der Waals surface area contributed by atoms with E-state index in [2.05, 4.69) is 5.32 Å². The lowest BCUT2D eigenvalue weighted by molar-refractivity contribution is -0.137. The molecule has 0 saturated heterocycles.